The van der Waals surface area contributed by atoms with Crippen molar-refractivity contribution in [2.45, 2.75) is 11.6 Å². The molecular weight excluding hydrogens is 266 g/mol. The second-order valence-electron chi connectivity index (χ2n) is 3.91. The lowest BCUT2D eigenvalue weighted by Crippen LogP contribution is -2.34. The van der Waals surface area contributed by atoms with Crippen molar-refractivity contribution in [1.82, 2.24) is 14.6 Å². The highest BCUT2D eigenvalue weighted by atomic mass is 32.2. The summed E-state index contributed by atoms with van der Waals surface area (Å²) in [4.78, 5) is 3.97. The second kappa shape index (κ2) is 7.34. The van der Waals surface area contributed by atoms with E-state index in [4.69, 9.17) is 5.11 Å². The van der Waals surface area contributed by atoms with Crippen molar-refractivity contribution in [2.75, 3.05) is 26.7 Å². The molecule has 1 rings (SSSR count). The maximum atomic E-state index is 12.3. The number of nitrogens with one attached hydrogen (secondary N) is 1. The Balaban J connectivity index is 3.00. The Morgan fingerprint density at radius 3 is 2.74 bits per heavy atom. The molecule has 1 aromatic rings. The number of sulfonamides is 1. The van der Waals surface area contributed by atoms with Crippen LogP contribution in [0, 0.1) is 0 Å². The summed E-state index contributed by atoms with van der Waals surface area (Å²) >= 11 is 0. The zero-order chi connectivity index (χ0) is 14.3. The van der Waals surface area contributed by atoms with Crippen molar-refractivity contribution in [2.24, 2.45) is 0 Å². The van der Waals surface area contributed by atoms with Crippen LogP contribution in [0.1, 0.15) is 5.56 Å². The molecule has 6 nitrogen and oxygen atoms in total. The van der Waals surface area contributed by atoms with E-state index in [0.717, 1.165) is 9.87 Å². The van der Waals surface area contributed by atoms with Crippen molar-refractivity contribution in [3.8, 4) is 0 Å². The molecule has 0 fully saturated rings. The van der Waals surface area contributed by atoms with Crippen molar-refractivity contribution < 1.29 is 13.5 Å². The second-order valence-corrected chi connectivity index (χ2v) is 5.80. The summed E-state index contributed by atoms with van der Waals surface area (Å²) in [5.74, 6) is 0. The zero-order valence-electron chi connectivity index (χ0n) is 10.9. The van der Waals surface area contributed by atoms with Gasteiger partial charge in [-0.1, -0.05) is 12.1 Å². The minimum Gasteiger partial charge on any atom is -0.395 e. The van der Waals surface area contributed by atoms with Gasteiger partial charge in [0.25, 0.3) is 10.0 Å². The first-order valence-corrected chi connectivity index (χ1v) is 7.31. The van der Waals surface area contributed by atoms with Gasteiger partial charge in [0.15, 0.2) is 5.03 Å². The van der Waals surface area contributed by atoms with Crippen LogP contribution in [0.25, 0.3) is 0 Å². The van der Waals surface area contributed by atoms with Gasteiger partial charge in [-0.15, -0.1) is 6.58 Å². The Labute approximate surface area is 113 Å². The average molecular weight is 285 g/mol. The maximum absolute atomic E-state index is 12.3. The standard InChI is InChI=1S/C12H19N3O3S/c1-3-6-15(7-8-16)19(17,18)12-5-4-11(9-13-2)10-14-12/h3-5,10,13,16H,1,6-9H2,2H3. The number of pyridine rings is 1. The highest BCUT2D eigenvalue weighted by molar-refractivity contribution is 7.89. The summed E-state index contributed by atoms with van der Waals surface area (Å²) in [6, 6.07) is 3.18. The van der Waals surface area contributed by atoms with Crippen LogP contribution in [-0.4, -0.2) is 49.6 Å². The van der Waals surface area contributed by atoms with Gasteiger partial charge in [-0.3, -0.25) is 0 Å². The van der Waals surface area contributed by atoms with E-state index in [1.165, 1.54) is 18.3 Å². The molecule has 0 radical (unpaired) electrons. The predicted molar refractivity (Wildman–Crippen MR) is 73.0 cm³/mol. The Morgan fingerprint density at radius 1 is 1.53 bits per heavy atom. The molecule has 7 heteroatoms. The normalized spacial score (nSPS) is 11.7. The van der Waals surface area contributed by atoms with Crippen LogP contribution >= 0.6 is 0 Å². The number of hydrogen-bond donors (Lipinski definition) is 2. The third kappa shape index (κ3) is 4.10. The molecule has 1 aromatic heterocycles. The van der Waals surface area contributed by atoms with Gasteiger partial charge in [-0.2, -0.15) is 4.31 Å². The average Bonchev–Trinajstić information content (AvgIpc) is 2.39. The largest absolute Gasteiger partial charge is 0.395 e. The topological polar surface area (TPSA) is 82.5 Å². The van der Waals surface area contributed by atoms with Gasteiger partial charge in [0.2, 0.25) is 0 Å². The molecule has 0 saturated carbocycles. The number of aromatic nitrogens is 1. The molecule has 0 aromatic carbocycles. The van der Waals surface area contributed by atoms with Crippen LogP contribution in [0.4, 0.5) is 0 Å². The molecular formula is C12H19N3O3S. The highest BCUT2D eigenvalue weighted by Crippen LogP contribution is 2.13. The minimum absolute atomic E-state index is 0.0221. The molecule has 0 atom stereocenters. The molecule has 2 N–H and O–H groups in total. The van der Waals surface area contributed by atoms with E-state index in [-0.39, 0.29) is 24.7 Å². The van der Waals surface area contributed by atoms with E-state index in [9.17, 15) is 8.42 Å². The first-order valence-electron chi connectivity index (χ1n) is 5.87. The fraction of sp³-hybridized carbons (Fsp3) is 0.417. The van der Waals surface area contributed by atoms with E-state index in [1.54, 1.807) is 13.1 Å². The van der Waals surface area contributed by atoms with Crippen LogP contribution in [0.3, 0.4) is 0 Å². The molecule has 0 aliphatic carbocycles. The Hall–Kier alpha value is -1.28. The minimum atomic E-state index is -3.69. The lowest BCUT2D eigenvalue weighted by Gasteiger charge is -2.18. The molecule has 0 amide bonds. The van der Waals surface area contributed by atoms with Gasteiger partial charge >= 0.3 is 0 Å². The smallest absolute Gasteiger partial charge is 0.260 e. The third-order valence-corrected chi connectivity index (χ3v) is 4.25. The quantitative estimate of drug-likeness (QED) is 0.655. The molecule has 106 valence electrons. The molecule has 0 bridgehead atoms. The van der Waals surface area contributed by atoms with Gasteiger partial charge in [-0.25, -0.2) is 13.4 Å². The number of nitrogens with zero attached hydrogens (tertiary/aromatic N) is 2. The monoisotopic (exact) mass is 285 g/mol. The van der Waals surface area contributed by atoms with Crippen LogP contribution in [0.5, 0.6) is 0 Å². The Kier molecular flexibility index (Phi) is 6.10. The van der Waals surface area contributed by atoms with Crippen LogP contribution in [-0.2, 0) is 16.6 Å². The zero-order valence-corrected chi connectivity index (χ0v) is 11.7. The van der Waals surface area contributed by atoms with E-state index in [1.807, 2.05) is 0 Å². The summed E-state index contributed by atoms with van der Waals surface area (Å²) in [7, 11) is -1.88. The lowest BCUT2D eigenvalue weighted by atomic mass is 10.3. The number of aliphatic hydroxyl groups is 1. The van der Waals surface area contributed by atoms with Crippen molar-refractivity contribution >= 4 is 10.0 Å². The summed E-state index contributed by atoms with van der Waals surface area (Å²) in [6.07, 6.45) is 3.00. The predicted octanol–water partition coefficient (Wildman–Crippen LogP) is -0.0300. The first-order chi connectivity index (χ1) is 9.06. The third-order valence-electron chi connectivity index (χ3n) is 2.46. The van der Waals surface area contributed by atoms with E-state index >= 15 is 0 Å². The van der Waals surface area contributed by atoms with Crippen LogP contribution < -0.4 is 5.32 Å². The van der Waals surface area contributed by atoms with Gasteiger partial charge in [0.1, 0.15) is 0 Å². The van der Waals surface area contributed by atoms with Gasteiger partial charge in [0.05, 0.1) is 6.61 Å². The van der Waals surface area contributed by atoms with Crippen LogP contribution in [0.2, 0.25) is 0 Å². The van der Waals surface area contributed by atoms with Crippen molar-refractivity contribution in [3.63, 3.8) is 0 Å². The molecule has 0 aliphatic rings. The Bertz CT molecular complexity index is 499. The highest BCUT2D eigenvalue weighted by Gasteiger charge is 2.24. The molecule has 0 saturated heterocycles. The van der Waals surface area contributed by atoms with Crippen molar-refractivity contribution in [1.29, 1.82) is 0 Å². The van der Waals surface area contributed by atoms with Gasteiger partial charge in [0, 0.05) is 25.8 Å². The van der Waals surface area contributed by atoms with Crippen molar-refractivity contribution in [3.05, 3.63) is 36.5 Å². The molecule has 0 aliphatic heterocycles. The number of hydrogen-bond acceptors (Lipinski definition) is 5. The maximum Gasteiger partial charge on any atom is 0.260 e. The molecule has 0 unspecified atom stereocenters. The molecule has 19 heavy (non-hydrogen) atoms. The molecule has 0 spiro atoms. The summed E-state index contributed by atoms with van der Waals surface area (Å²) < 4.78 is 25.7. The Morgan fingerprint density at radius 2 is 2.26 bits per heavy atom. The fourth-order valence-corrected chi connectivity index (χ4v) is 2.88. The van der Waals surface area contributed by atoms with Gasteiger partial charge in [-0.05, 0) is 18.7 Å². The summed E-state index contributed by atoms with van der Waals surface area (Å²) in [6.45, 7) is 4.06. The van der Waals surface area contributed by atoms with Crippen LogP contribution in [0.15, 0.2) is 36.0 Å². The molecule has 1 heterocycles. The SMILES string of the molecule is C=CCN(CCO)S(=O)(=O)c1ccc(CNC)cn1. The fourth-order valence-electron chi connectivity index (χ4n) is 1.57. The number of aliphatic hydroxyl groups excluding tert-OH is 1. The van der Waals surface area contributed by atoms with E-state index in [2.05, 4.69) is 16.9 Å². The summed E-state index contributed by atoms with van der Waals surface area (Å²) in [5, 5.41) is 11.9. The summed E-state index contributed by atoms with van der Waals surface area (Å²) in [5.41, 5.74) is 0.902. The number of rotatable bonds is 8. The van der Waals surface area contributed by atoms with E-state index in [0.29, 0.717) is 6.54 Å². The van der Waals surface area contributed by atoms with Gasteiger partial charge < -0.3 is 10.4 Å². The van der Waals surface area contributed by atoms with E-state index < -0.39 is 10.0 Å². The first kappa shape index (κ1) is 15.8. The lowest BCUT2D eigenvalue weighted by molar-refractivity contribution is 0.260.